The number of carbonyl (C=O) groups is 1. The van der Waals surface area contributed by atoms with Gasteiger partial charge in [0.2, 0.25) is 0 Å². The first kappa shape index (κ1) is 18.4. The molecule has 5 nitrogen and oxygen atoms in total. The van der Waals surface area contributed by atoms with Gasteiger partial charge in [0.25, 0.3) is 5.91 Å². The Hall–Kier alpha value is -1.90. The molecule has 0 aliphatic carbocycles. The smallest absolute Gasteiger partial charge is 0.251 e. The van der Waals surface area contributed by atoms with Crippen LogP contribution in [0.5, 0.6) is 0 Å². The average molecular weight is 328 g/mol. The van der Waals surface area contributed by atoms with Gasteiger partial charge in [-0.1, -0.05) is 19.9 Å². The predicted octanol–water partition coefficient (Wildman–Crippen LogP) is 1.95. The van der Waals surface area contributed by atoms with Crippen molar-refractivity contribution in [3.8, 4) is 6.07 Å². The lowest BCUT2D eigenvalue weighted by atomic mass is 10.0. The predicted molar refractivity (Wildman–Crippen MR) is 95.8 cm³/mol. The number of likely N-dealkylation sites (N-methyl/N-ethyl adjacent to an activating group) is 1. The van der Waals surface area contributed by atoms with Gasteiger partial charge in [-0.25, -0.2) is 0 Å². The van der Waals surface area contributed by atoms with Crippen molar-refractivity contribution in [3.05, 3.63) is 35.4 Å². The molecule has 1 atom stereocenters. The molecule has 0 radical (unpaired) electrons. The topological polar surface area (TPSA) is 59.4 Å². The standard InChI is InChI=1S/C19H28N4O/c1-15(2)11-18(23-9-7-22(3)8-10-23)14-21-19(24)17-6-4-5-16(12-17)13-20/h4-6,12,15,18H,7-11,14H2,1-3H3,(H,21,24). The molecule has 0 aromatic heterocycles. The number of amides is 1. The molecule has 0 bridgehead atoms. The van der Waals surface area contributed by atoms with Crippen molar-refractivity contribution >= 4 is 5.91 Å². The van der Waals surface area contributed by atoms with E-state index in [1.54, 1.807) is 24.3 Å². The number of nitriles is 1. The first-order chi connectivity index (χ1) is 11.5. The van der Waals surface area contributed by atoms with Crippen molar-refractivity contribution in [2.45, 2.75) is 26.3 Å². The fraction of sp³-hybridized carbons (Fsp3) is 0.579. The summed E-state index contributed by atoms with van der Waals surface area (Å²) in [7, 11) is 2.15. The van der Waals surface area contributed by atoms with Gasteiger partial charge in [-0.15, -0.1) is 0 Å². The molecule has 5 heteroatoms. The van der Waals surface area contributed by atoms with Crippen LogP contribution in [-0.2, 0) is 0 Å². The van der Waals surface area contributed by atoms with Crippen LogP contribution >= 0.6 is 0 Å². The van der Waals surface area contributed by atoms with E-state index in [4.69, 9.17) is 5.26 Å². The zero-order chi connectivity index (χ0) is 17.5. The summed E-state index contributed by atoms with van der Waals surface area (Å²) in [5.74, 6) is 0.489. The van der Waals surface area contributed by atoms with Crippen LogP contribution in [0.3, 0.4) is 0 Å². The summed E-state index contributed by atoms with van der Waals surface area (Å²) in [6, 6.07) is 9.29. The van der Waals surface area contributed by atoms with Crippen LogP contribution in [0, 0.1) is 17.2 Å². The number of carbonyl (C=O) groups excluding carboxylic acids is 1. The van der Waals surface area contributed by atoms with Crippen molar-refractivity contribution in [2.24, 2.45) is 5.92 Å². The van der Waals surface area contributed by atoms with E-state index in [0.29, 0.717) is 29.6 Å². The highest BCUT2D eigenvalue weighted by molar-refractivity contribution is 5.94. The number of hydrogen-bond acceptors (Lipinski definition) is 4. The summed E-state index contributed by atoms with van der Waals surface area (Å²) < 4.78 is 0. The molecule has 1 amide bonds. The first-order valence-electron chi connectivity index (χ1n) is 8.70. The van der Waals surface area contributed by atoms with Gasteiger partial charge in [0.1, 0.15) is 0 Å². The molecule has 24 heavy (non-hydrogen) atoms. The fourth-order valence-electron chi connectivity index (χ4n) is 3.14. The average Bonchev–Trinajstić information content (AvgIpc) is 2.58. The summed E-state index contributed by atoms with van der Waals surface area (Å²) in [5, 5.41) is 12.0. The maximum absolute atomic E-state index is 12.4. The van der Waals surface area contributed by atoms with Crippen LogP contribution in [-0.4, -0.2) is 61.5 Å². The molecule has 1 fully saturated rings. The third-order valence-electron chi connectivity index (χ3n) is 4.55. The van der Waals surface area contributed by atoms with Gasteiger partial charge < -0.3 is 10.2 Å². The molecule has 1 aromatic carbocycles. The number of rotatable bonds is 6. The molecule has 1 aromatic rings. The Morgan fingerprint density at radius 2 is 2.00 bits per heavy atom. The van der Waals surface area contributed by atoms with Crippen LogP contribution in [0.4, 0.5) is 0 Å². The Labute approximate surface area is 145 Å². The van der Waals surface area contributed by atoms with E-state index >= 15 is 0 Å². The fourth-order valence-corrected chi connectivity index (χ4v) is 3.14. The van der Waals surface area contributed by atoms with E-state index in [0.717, 1.165) is 32.6 Å². The van der Waals surface area contributed by atoms with Gasteiger partial charge in [0.05, 0.1) is 11.6 Å². The second-order valence-electron chi connectivity index (χ2n) is 7.03. The SMILES string of the molecule is CC(C)CC(CNC(=O)c1cccc(C#N)c1)N1CCN(C)CC1. The number of piperazine rings is 1. The van der Waals surface area contributed by atoms with Crippen molar-refractivity contribution in [2.75, 3.05) is 39.8 Å². The molecular weight excluding hydrogens is 300 g/mol. The quantitative estimate of drug-likeness (QED) is 0.867. The Morgan fingerprint density at radius 3 is 2.62 bits per heavy atom. The number of hydrogen-bond donors (Lipinski definition) is 1. The molecule has 0 spiro atoms. The van der Waals surface area contributed by atoms with Crippen LogP contribution in [0.1, 0.15) is 36.2 Å². The lowest BCUT2D eigenvalue weighted by Crippen LogP contribution is -2.52. The van der Waals surface area contributed by atoms with Crippen molar-refractivity contribution < 1.29 is 4.79 Å². The summed E-state index contributed by atoms with van der Waals surface area (Å²) in [4.78, 5) is 17.2. The van der Waals surface area contributed by atoms with Gasteiger partial charge in [0, 0.05) is 44.3 Å². The van der Waals surface area contributed by atoms with Crippen LogP contribution in [0.2, 0.25) is 0 Å². The summed E-state index contributed by atoms with van der Waals surface area (Å²) in [5.41, 5.74) is 1.07. The third kappa shape index (κ3) is 5.33. The van der Waals surface area contributed by atoms with Crippen LogP contribution in [0.15, 0.2) is 24.3 Å². The zero-order valence-electron chi connectivity index (χ0n) is 15.0. The van der Waals surface area contributed by atoms with E-state index in [1.807, 2.05) is 0 Å². The zero-order valence-corrected chi connectivity index (χ0v) is 15.0. The molecule has 0 saturated carbocycles. The molecule has 2 rings (SSSR count). The van der Waals surface area contributed by atoms with E-state index in [9.17, 15) is 4.79 Å². The molecular formula is C19H28N4O. The molecule has 1 aliphatic heterocycles. The van der Waals surface area contributed by atoms with Crippen molar-refractivity contribution in [3.63, 3.8) is 0 Å². The normalized spacial score (nSPS) is 17.5. The lowest BCUT2D eigenvalue weighted by molar-refractivity contribution is 0.0850. The largest absolute Gasteiger partial charge is 0.350 e. The minimum absolute atomic E-state index is 0.102. The summed E-state index contributed by atoms with van der Waals surface area (Å²) >= 11 is 0. The van der Waals surface area contributed by atoms with E-state index in [2.05, 4.69) is 42.1 Å². The minimum atomic E-state index is -0.102. The third-order valence-corrected chi connectivity index (χ3v) is 4.55. The van der Waals surface area contributed by atoms with E-state index in [-0.39, 0.29) is 5.91 Å². The monoisotopic (exact) mass is 328 g/mol. The van der Waals surface area contributed by atoms with Crippen molar-refractivity contribution in [1.82, 2.24) is 15.1 Å². The maximum Gasteiger partial charge on any atom is 0.251 e. The Kier molecular flexibility index (Phi) is 6.77. The second-order valence-corrected chi connectivity index (χ2v) is 7.03. The number of nitrogens with zero attached hydrogens (tertiary/aromatic N) is 3. The minimum Gasteiger partial charge on any atom is -0.350 e. The highest BCUT2D eigenvalue weighted by Crippen LogP contribution is 2.14. The van der Waals surface area contributed by atoms with Gasteiger partial charge in [-0.05, 0) is 37.6 Å². The molecule has 1 unspecified atom stereocenters. The Morgan fingerprint density at radius 1 is 1.29 bits per heavy atom. The Bertz CT molecular complexity index is 585. The van der Waals surface area contributed by atoms with Crippen LogP contribution < -0.4 is 5.32 Å². The molecule has 1 saturated heterocycles. The number of benzene rings is 1. The second kappa shape index (κ2) is 8.81. The molecule has 1 heterocycles. The van der Waals surface area contributed by atoms with E-state index in [1.165, 1.54) is 0 Å². The first-order valence-corrected chi connectivity index (χ1v) is 8.70. The summed E-state index contributed by atoms with van der Waals surface area (Å²) in [6.45, 7) is 9.35. The summed E-state index contributed by atoms with van der Waals surface area (Å²) in [6.07, 6.45) is 1.07. The highest BCUT2D eigenvalue weighted by atomic mass is 16.1. The Balaban J connectivity index is 1.96. The van der Waals surface area contributed by atoms with Gasteiger partial charge in [-0.3, -0.25) is 9.69 Å². The van der Waals surface area contributed by atoms with Gasteiger partial charge in [-0.2, -0.15) is 5.26 Å². The van der Waals surface area contributed by atoms with E-state index < -0.39 is 0 Å². The van der Waals surface area contributed by atoms with Gasteiger partial charge >= 0.3 is 0 Å². The maximum atomic E-state index is 12.4. The van der Waals surface area contributed by atoms with Crippen molar-refractivity contribution in [1.29, 1.82) is 5.26 Å². The number of nitrogens with one attached hydrogen (secondary N) is 1. The van der Waals surface area contributed by atoms with Gasteiger partial charge in [0.15, 0.2) is 0 Å². The van der Waals surface area contributed by atoms with Crippen LogP contribution in [0.25, 0.3) is 0 Å². The highest BCUT2D eigenvalue weighted by Gasteiger charge is 2.23. The molecule has 130 valence electrons. The molecule has 1 N–H and O–H groups in total. The lowest BCUT2D eigenvalue weighted by Gasteiger charge is -2.38. The molecule has 1 aliphatic rings.